The number of hydrogen-bond donors (Lipinski definition) is 2. The van der Waals surface area contributed by atoms with Crippen molar-refractivity contribution in [2.24, 2.45) is 17.4 Å². The maximum absolute atomic E-state index is 11.9. The van der Waals surface area contributed by atoms with Gasteiger partial charge >= 0.3 is 0 Å². The molecular formula is C16H24N4O. The highest BCUT2D eigenvalue weighted by Crippen LogP contribution is 2.32. The van der Waals surface area contributed by atoms with Gasteiger partial charge in [0, 0.05) is 24.8 Å². The predicted octanol–water partition coefficient (Wildman–Crippen LogP) is 1.23. The van der Waals surface area contributed by atoms with Crippen LogP contribution in [0.1, 0.15) is 47.8 Å². The van der Waals surface area contributed by atoms with Crippen molar-refractivity contribution < 1.29 is 4.79 Å². The number of carbonyl (C=O) groups is 1. The summed E-state index contributed by atoms with van der Waals surface area (Å²) in [6, 6.07) is 2.20. The van der Waals surface area contributed by atoms with Gasteiger partial charge in [-0.25, -0.2) is 4.98 Å². The summed E-state index contributed by atoms with van der Waals surface area (Å²) < 4.78 is 0. The third-order valence-electron chi connectivity index (χ3n) is 4.93. The summed E-state index contributed by atoms with van der Waals surface area (Å²) in [6.45, 7) is 3.71. The molecule has 114 valence electrons. The van der Waals surface area contributed by atoms with Crippen LogP contribution in [-0.2, 0) is 12.8 Å². The molecule has 0 bridgehead atoms. The summed E-state index contributed by atoms with van der Waals surface area (Å²) >= 11 is 0. The first-order chi connectivity index (χ1) is 10.1. The molecule has 2 heterocycles. The summed E-state index contributed by atoms with van der Waals surface area (Å²) in [5.74, 6) is 0.880. The lowest BCUT2D eigenvalue weighted by Crippen LogP contribution is -2.49. The van der Waals surface area contributed by atoms with E-state index >= 15 is 0 Å². The lowest BCUT2D eigenvalue weighted by Gasteiger charge is -2.41. The van der Waals surface area contributed by atoms with E-state index in [0.717, 1.165) is 43.7 Å². The van der Waals surface area contributed by atoms with Gasteiger partial charge in [-0.15, -0.1) is 0 Å². The van der Waals surface area contributed by atoms with E-state index in [1.54, 1.807) is 0 Å². The number of aryl methyl sites for hydroxylation is 2. The van der Waals surface area contributed by atoms with Gasteiger partial charge < -0.3 is 16.4 Å². The summed E-state index contributed by atoms with van der Waals surface area (Å²) in [4.78, 5) is 18.9. The molecule has 0 radical (unpaired) electrons. The zero-order chi connectivity index (χ0) is 15.0. The van der Waals surface area contributed by atoms with Crippen molar-refractivity contribution in [3.8, 4) is 0 Å². The first-order valence-corrected chi connectivity index (χ1v) is 7.91. The standard InChI is InChI=1S/C16H24N4O/c1-10-4-3-7-20(14(10)9-17)16-12(15(18)21)8-11-5-2-6-13(11)19-16/h8,10,14H,2-7,9,17H2,1H3,(H2,18,21). The molecule has 1 fully saturated rings. The Hall–Kier alpha value is -1.62. The number of hydrogen-bond acceptors (Lipinski definition) is 4. The number of anilines is 1. The number of amides is 1. The van der Waals surface area contributed by atoms with Gasteiger partial charge in [0.25, 0.3) is 5.91 Å². The zero-order valence-corrected chi connectivity index (χ0v) is 12.6. The molecule has 1 aromatic heterocycles. The van der Waals surface area contributed by atoms with Gasteiger partial charge in [-0.05, 0) is 49.7 Å². The number of carbonyl (C=O) groups excluding carboxylic acids is 1. The molecule has 5 heteroatoms. The Morgan fingerprint density at radius 2 is 2.24 bits per heavy atom. The minimum absolute atomic E-state index is 0.240. The number of nitrogens with zero attached hydrogens (tertiary/aromatic N) is 2. The average Bonchev–Trinajstić information content (AvgIpc) is 2.92. The predicted molar refractivity (Wildman–Crippen MR) is 83.4 cm³/mol. The molecule has 2 aliphatic rings. The Bertz CT molecular complexity index is 557. The van der Waals surface area contributed by atoms with Crippen molar-refractivity contribution in [2.45, 2.75) is 45.1 Å². The van der Waals surface area contributed by atoms with Crippen LogP contribution in [-0.4, -0.2) is 30.0 Å². The normalized spacial score (nSPS) is 25.0. The summed E-state index contributed by atoms with van der Waals surface area (Å²) in [7, 11) is 0. The molecule has 2 unspecified atom stereocenters. The highest BCUT2D eigenvalue weighted by Gasteiger charge is 2.31. The maximum Gasteiger partial charge on any atom is 0.252 e. The third-order valence-corrected chi connectivity index (χ3v) is 4.93. The van der Waals surface area contributed by atoms with Gasteiger partial charge in [0.05, 0.1) is 5.56 Å². The fraction of sp³-hybridized carbons (Fsp3) is 0.625. The van der Waals surface area contributed by atoms with E-state index in [4.69, 9.17) is 16.5 Å². The maximum atomic E-state index is 11.9. The van der Waals surface area contributed by atoms with Crippen LogP contribution in [0.25, 0.3) is 0 Å². The van der Waals surface area contributed by atoms with Crippen molar-refractivity contribution in [1.82, 2.24) is 4.98 Å². The Morgan fingerprint density at radius 1 is 1.43 bits per heavy atom. The van der Waals surface area contributed by atoms with Gasteiger partial charge in [-0.2, -0.15) is 0 Å². The van der Waals surface area contributed by atoms with E-state index in [0.29, 0.717) is 18.0 Å². The van der Waals surface area contributed by atoms with E-state index in [2.05, 4.69) is 11.8 Å². The summed E-state index contributed by atoms with van der Waals surface area (Å²) in [5.41, 5.74) is 14.4. The zero-order valence-electron chi connectivity index (χ0n) is 12.6. The second-order valence-corrected chi connectivity index (χ2v) is 6.30. The highest BCUT2D eigenvalue weighted by atomic mass is 16.1. The molecule has 3 rings (SSSR count). The molecule has 1 saturated heterocycles. The topological polar surface area (TPSA) is 85.2 Å². The van der Waals surface area contributed by atoms with Crippen molar-refractivity contribution in [1.29, 1.82) is 0 Å². The van der Waals surface area contributed by atoms with Crippen LogP contribution in [0.3, 0.4) is 0 Å². The van der Waals surface area contributed by atoms with Crippen LogP contribution in [0, 0.1) is 5.92 Å². The molecule has 0 aromatic carbocycles. The minimum Gasteiger partial charge on any atom is -0.365 e. The van der Waals surface area contributed by atoms with Crippen molar-refractivity contribution in [3.05, 3.63) is 22.9 Å². The Morgan fingerprint density at radius 3 is 2.95 bits per heavy atom. The van der Waals surface area contributed by atoms with Gasteiger partial charge in [0.15, 0.2) is 0 Å². The minimum atomic E-state index is -0.388. The van der Waals surface area contributed by atoms with E-state index < -0.39 is 0 Å². The highest BCUT2D eigenvalue weighted by molar-refractivity contribution is 5.98. The third kappa shape index (κ3) is 2.50. The molecule has 0 saturated carbocycles. The molecule has 1 amide bonds. The van der Waals surface area contributed by atoms with Gasteiger partial charge in [-0.1, -0.05) is 6.92 Å². The van der Waals surface area contributed by atoms with E-state index in [1.807, 2.05) is 6.07 Å². The quantitative estimate of drug-likeness (QED) is 0.876. The fourth-order valence-electron chi connectivity index (χ4n) is 3.73. The molecule has 0 spiro atoms. The molecule has 5 nitrogen and oxygen atoms in total. The van der Waals surface area contributed by atoms with Crippen LogP contribution >= 0.6 is 0 Å². The second-order valence-electron chi connectivity index (χ2n) is 6.30. The molecule has 2 atom stereocenters. The van der Waals surface area contributed by atoms with Crippen LogP contribution < -0.4 is 16.4 Å². The Balaban J connectivity index is 2.05. The first-order valence-electron chi connectivity index (χ1n) is 7.91. The number of nitrogens with two attached hydrogens (primary N) is 2. The van der Waals surface area contributed by atoms with Gasteiger partial charge in [-0.3, -0.25) is 4.79 Å². The molecule has 1 aromatic rings. The van der Waals surface area contributed by atoms with Crippen molar-refractivity contribution in [2.75, 3.05) is 18.0 Å². The van der Waals surface area contributed by atoms with Crippen LogP contribution in [0.5, 0.6) is 0 Å². The van der Waals surface area contributed by atoms with Crippen LogP contribution in [0.4, 0.5) is 5.82 Å². The number of fused-ring (bicyclic) bond motifs is 1. The summed E-state index contributed by atoms with van der Waals surface area (Å²) in [5, 5.41) is 0. The fourth-order valence-corrected chi connectivity index (χ4v) is 3.73. The number of piperidine rings is 1. The van der Waals surface area contributed by atoms with E-state index in [1.165, 1.54) is 12.0 Å². The molecule has 4 N–H and O–H groups in total. The lowest BCUT2D eigenvalue weighted by molar-refractivity contribution is 0.1000. The molecular weight excluding hydrogens is 264 g/mol. The number of primary amides is 1. The Labute approximate surface area is 125 Å². The van der Waals surface area contributed by atoms with Crippen LogP contribution in [0.15, 0.2) is 6.07 Å². The number of rotatable bonds is 3. The number of pyridine rings is 1. The monoisotopic (exact) mass is 288 g/mol. The largest absolute Gasteiger partial charge is 0.365 e. The van der Waals surface area contributed by atoms with Crippen molar-refractivity contribution in [3.63, 3.8) is 0 Å². The van der Waals surface area contributed by atoms with Crippen LogP contribution in [0.2, 0.25) is 0 Å². The SMILES string of the molecule is CC1CCCN(c2nc3c(cc2C(N)=O)CCC3)C1CN. The van der Waals surface area contributed by atoms with Gasteiger partial charge in [0.2, 0.25) is 0 Å². The van der Waals surface area contributed by atoms with E-state index in [9.17, 15) is 4.79 Å². The molecule has 1 aliphatic carbocycles. The second kappa shape index (κ2) is 5.64. The lowest BCUT2D eigenvalue weighted by atomic mass is 9.90. The number of aromatic nitrogens is 1. The van der Waals surface area contributed by atoms with Crippen molar-refractivity contribution >= 4 is 11.7 Å². The molecule has 1 aliphatic heterocycles. The average molecular weight is 288 g/mol. The molecule has 21 heavy (non-hydrogen) atoms. The first kappa shape index (κ1) is 14.3. The van der Waals surface area contributed by atoms with E-state index in [-0.39, 0.29) is 11.9 Å². The smallest absolute Gasteiger partial charge is 0.252 e. The Kier molecular flexibility index (Phi) is 3.85. The summed E-state index contributed by atoms with van der Waals surface area (Å²) in [6.07, 6.45) is 5.39. The van der Waals surface area contributed by atoms with Gasteiger partial charge in [0.1, 0.15) is 5.82 Å².